The Labute approximate surface area is 120 Å². The largest absolute Gasteiger partial charge is 0.394 e. The fourth-order valence-electron chi connectivity index (χ4n) is 2.18. The van der Waals surface area contributed by atoms with Crippen molar-refractivity contribution in [2.24, 2.45) is 0 Å². The lowest BCUT2D eigenvalue weighted by atomic mass is 10.0. The maximum atomic E-state index is 12.2. The number of carbonyl (C=O) groups excluding carboxylic acids is 1. The summed E-state index contributed by atoms with van der Waals surface area (Å²) in [6.07, 6.45) is -2.09. The van der Waals surface area contributed by atoms with Crippen LogP contribution in [0.1, 0.15) is 34.6 Å². The molecule has 0 unspecified atom stereocenters. The Balaban J connectivity index is 2.94. The van der Waals surface area contributed by atoms with Crippen LogP contribution in [-0.4, -0.2) is 60.9 Å². The zero-order chi connectivity index (χ0) is 15.6. The summed E-state index contributed by atoms with van der Waals surface area (Å²) in [7, 11) is 1.45. The van der Waals surface area contributed by atoms with Gasteiger partial charge in [-0.3, -0.25) is 4.79 Å². The molecule has 0 aliphatic carbocycles. The SMILES string of the molecule is COCC(=O)[C@@H](OC(C)(C)C)[C@@H]1OC(C)(C)O[C@@H]1CO. The molecule has 1 aliphatic rings. The lowest BCUT2D eigenvalue weighted by molar-refractivity contribution is -0.179. The summed E-state index contributed by atoms with van der Waals surface area (Å²) >= 11 is 0. The topological polar surface area (TPSA) is 74.2 Å². The fourth-order valence-corrected chi connectivity index (χ4v) is 2.18. The van der Waals surface area contributed by atoms with Gasteiger partial charge >= 0.3 is 0 Å². The molecule has 0 bridgehead atoms. The van der Waals surface area contributed by atoms with E-state index in [0.717, 1.165) is 0 Å². The van der Waals surface area contributed by atoms with Gasteiger partial charge in [-0.15, -0.1) is 0 Å². The van der Waals surface area contributed by atoms with Crippen molar-refractivity contribution in [3.63, 3.8) is 0 Å². The molecule has 0 amide bonds. The molecule has 1 saturated heterocycles. The van der Waals surface area contributed by atoms with E-state index in [2.05, 4.69) is 0 Å². The highest BCUT2D eigenvalue weighted by Gasteiger charge is 2.48. The van der Waals surface area contributed by atoms with Crippen LogP contribution in [0.3, 0.4) is 0 Å². The summed E-state index contributed by atoms with van der Waals surface area (Å²) in [6, 6.07) is 0. The van der Waals surface area contributed by atoms with Crippen molar-refractivity contribution in [2.75, 3.05) is 20.3 Å². The zero-order valence-corrected chi connectivity index (χ0v) is 13.1. The second-order valence-corrected chi connectivity index (χ2v) is 6.37. The third-order valence-corrected chi connectivity index (χ3v) is 2.78. The third kappa shape index (κ3) is 4.79. The van der Waals surface area contributed by atoms with E-state index < -0.39 is 29.7 Å². The van der Waals surface area contributed by atoms with Crippen LogP contribution in [0.25, 0.3) is 0 Å². The van der Waals surface area contributed by atoms with Crippen molar-refractivity contribution < 1.29 is 28.8 Å². The van der Waals surface area contributed by atoms with E-state index >= 15 is 0 Å². The molecule has 1 fully saturated rings. The van der Waals surface area contributed by atoms with E-state index in [0.29, 0.717) is 0 Å². The molecule has 0 aromatic heterocycles. The smallest absolute Gasteiger partial charge is 0.189 e. The molecule has 1 heterocycles. The number of aliphatic hydroxyl groups excluding tert-OH is 1. The highest BCUT2D eigenvalue weighted by molar-refractivity contribution is 5.85. The number of Topliss-reactive ketones (excluding diaryl/α,β-unsaturated/α-hetero) is 1. The monoisotopic (exact) mass is 290 g/mol. The van der Waals surface area contributed by atoms with Gasteiger partial charge in [-0.1, -0.05) is 0 Å². The van der Waals surface area contributed by atoms with Gasteiger partial charge < -0.3 is 24.1 Å². The molecule has 0 aromatic rings. The van der Waals surface area contributed by atoms with Crippen LogP contribution in [0.2, 0.25) is 0 Å². The maximum absolute atomic E-state index is 12.2. The molecule has 0 aromatic carbocycles. The van der Waals surface area contributed by atoms with Crippen LogP contribution >= 0.6 is 0 Å². The molecular formula is C14H26O6. The summed E-state index contributed by atoms with van der Waals surface area (Å²) < 4.78 is 22.0. The molecule has 3 atom stereocenters. The predicted octanol–water partition coefficient (Wildman–Crippen LogP) is 0.898. The third-order valence-electron chi connectivity index (χ3n) is 2.78. The molecule has 1 aliphatic heterocycles. The standard InChI is InChI=1S/C14H26O6/c1-13(2,3)19-11(9(16)8-17-6)12-10(7-15)18-14(4,5)20-12/h10-12,15H,7-8H2,1-6H3/t10-,11-,12-/m1/s1. The van der Waals surface area contributed by atoms with Gasteiger partial charge in [0, 0.05) is 7.11 Å². The van der Waals surface area contributed by atoms with Crippen LogP contribution in [0.15, 0.2) is 0 Å². The summed E-state index contributed by atoms with van der Waals surface area (Å²) in [4.78, 5) is 12.2. The second kappa shape index (κ2) is 6.49. The molecular weight excluding hydrogens is 264 g/mol. The van der Waals surface area contributed by atoms with Gasteiger partial charge in [0.25, 0.3) is 0 Å². The van der Waals surface area contributed by atoms with Gasteiger partial charge in [0.1, 0.15) is 24.9 Å². The molecule has 1 rings (SSSR count). The van der Waals surface area contributed by atoms with Gasteiger partial charge in [0.2, 0.25) is 0 Å². The molecule has 118 valence electrons. The van der Waals surface area contributed by atoms with E-state index in [1.807, 2.05) is 20.8 Å². The molecule has 0 spiro atoms. The Kier molecular flexibility index (Phi) is 5.69. The molecule has 6 heteroatoms. The van der Waals surface area contributed by atoms with Crippen molar-refractivity contribution in [3.8, 4) is 0 Å². The Morgan fingerprint density at radius 2 is 1.95 bits per heavy atom. The van der Waals surface area contributed by atoms with Crippen LogP contribution in [-0.2, 0) is 23.7 Å². The second-order valence-electron chi connectivity index (χ2n) is 6.37. The van der Waals surface area contributed by atoms with Crippen molar-refractivity contribution in [1.29, 1.82) is 0 Å². The minimum atomic E-state index is -0.856. The lowest BCUT2D eigenvalue weighted by Crippen LogP contribution is -2.48. The fraction of sp³-hybridized carbons (Fsp3) is 0.929. The predicted molar refractivity (Wildman–Crippen MR) is 72.4 cm³/mol. The molecule has 6 nitrogen and oxygen atoms in total. The summed E-state index contributed by atoms with van der Waals surface area (Å²) in [5.41, 5.74) is -0.524. The number of ketones is 1. The number of hydrogen-bond donors (Lipinski definition) is 1. The number of rotatable bonds is 6. The minimum absolute atomic E-state index is 0.0703. The first-order valence-corrected chi connectivity index (χ1v) is 6.75. The summed E-state index contributed by atoms with van der Waals surface area (Å²) in [5, 5.41) is 9.42. The number of methoxy groups -OCH3 is 1. The highest BCUT2D eigenvalue weighted by Crippen LogP contribution is 2.32. The molecule has 20 heavy (non-hydrogen) atoms. The Bertz CT molecular complexity index is 333. The number of aliphatic hydroxyl groups is 1. The number of carbonyl (C=O) groups is 1. The van der Waals surface area contributed by atoms with E-state index in [1.54, 1.807) is 13.8 Å². The summed E-state index contributed by atoms with van der Waals surface area (Å²) in [5.74, 6) is -1.09. The Morgan fingerprint density at radius 3 is 2.40 bits per heavy atom. The Hall–Kier alpha value is -0.530. The van der Waals surface area contributed by atoms with Gasteiger partial charge in [0.15, 0.2) is 11.6 Å². The summed E-state index contributed by atoms with van der Waals surface area (Å²) in [6.45, 7) is 8.74. The highest BCUT2D eigenvalue weighted by atomic mass is 16.8. The van der Waals surface area contributed by atoms with Crippen molar-refractivity contribution in [2.45, 2.75) is 64.3 Å². The van der Waals surface area contributed by atoms with Crippen LogP contribution in [0, 0.1) is 0 Å². The Morgan fingerprint density at radius 1 is 1.35 bits per heavy atom. The molecule has 1 N–H and O–H groups in total. The number of hydrogen-bond acceptors (Lipinski definition) is 6. The van der Waals surface area contributed by atoms with Crippen molar-refractivity contribution >= 4 is 5.78 Å². The van der Waals surface area contributed by atoms with E-state index in [-0.39, 0.29) is 19.0 Å². The van der Waals surface area contributed by atoms with Crippen LogP contribution < -0.4 is 0 Å². The van der Waals surface area contributed by atoms with Crippen molar-refractivity contribution in [3.05, 3.63) is 0 Å². The average molecular weight is 290 g/mol. The maximum Gasteiger partial charge on any atom is 0.189 e. The van der Waals surface area contributed by atoms with E-state index in [4.69, 9.17) is 18.9 Å². The molecule has 0 radical (unpaired) electrons. The van der Waals surface area contributed by atoms with E-state index in [9.17, 15) is 9.90 Å². The first-order chi connectivity index (χ1) is 9.09. The molecule has 0 saturated carbocycles. The van der Waals surface area contributed by atoms with Crippen molar-refractivity contribution in [1.82, 2.24) is 0 Å². The first kappa shape index (κ1) is 17.5. The van der Waals surface area contributed by atoms with Crippen LogP contribution in [0.4, 0.5) is 0 Å². The minimum Gasteiger partial charge on any atom is -0.394 e. The van der Waals surface area contributed by atoms with Gasteiger partial charge in [-0.05, 0) is 34.6 Å². The average Bonchev–Trinajstić information content (AvgIpc) is 2.60. The van der Waals surface area contributed by atoms with Crippen LogP contribution in [0.5, 0.6) is 0 Å². The first-order valence-electron chi connectivity index (χ1n) is 6.75. The lowest BCUT2D eigenvalue weighted by Gasteiger charge is -2.31. The van der Waals surface area contributed by atoms with E-state index in [1.165, 1.54) is 7.11 Å². The quantitative estimate of drug-likeness (QED) is 0.783. The van der Waals surface area contributed by atoms with Gasteiger partial charge in [-0.25, -0.2) is 0 Å². The normalized spacial score (nSPS) is 27.6. The van der Waals surface area contributed by atoms with Gasteiger partial charge in [0.05, 0.1) is 12.2 Å². The number of ether oxygens (including phenoxy) is 4. The zero-order valence-electron chi connectivity index (χ0n) is 13.1. The van der Waals surface area contributed by atoms with Gasteiger partial charge in [-0.2, -0.15) is 0 Å².